The number of benzene rings is 1. The average molecular weight is 450 g/mol. The molecule has 0 saturated carbocycles. The molecule has 3 aromatic rings. The summed E-state index contributed by atoms with van der Waals surface area (Å²) in [4.78, 5) is 17.2. The third kappa shape index (κ3) is 4.63. The number of aromatic nitrogens is 3. The van der Waals surface area contributed by atoms with Crippen molar-refractivity contribution < 1.29 is 27.4 Å². The highest BCUT2D eigenvalue weighted by atomic mass is 19.4. The van der Waals surface area contributed by atoms with Crippen LogP contribution in [0, 0.1) is 13.8 Å². The number of ether oxygens (including phenoxy) is 2. The van der Waals surface area contributed by atoms with Gasteiger partial charge in [-0.05, 0) is 56.5 Å². The fourth-order valence-corrected chi connectivity index (χ4v) is 3.64. The maximum Gasteiger partial charge on any atom is 0.416 e. The van der Waals surface area contributed by atoms with Crippen molar-refractivity contribution in [2.24, 2.45) is 7.05 Å². The van der Waals surface area contributed by atoms with Gasteiger partial charge in [-0.25, -0.2) is 9.67 Å². The van der Waals surface area contributed by atoms with Crippen LogP contribution in [-0.2, 0) is 24.4 Å². The maximum atomic E-state index is 13.1. The van der Waals surface area contributed by atoms with Gasteiger partial charge in [-0.1, -0.05) is 0 Å². The molecule has 0 fully saturated rings. The summed E-state index contributed by atoms with van der Waals surface area (Å²) in [5, 5.41) is 7.63. The monoisotopic (exact) mass is 450 g/mol. The van der Waals surface area contributed by atoms with E-state index < -0.39 is 17.6 Å². The first kappa shape index (κ1) is 23.4. The van der Waals surface area contributed by atoms with E-state index in [4.69, 9.17) is 9.47 Å². The van der Waals surface area contributed by atoms with Gasteiger partial charge in [0.15, 0.2) is 5.65 Å². The Morgan fingerprint density at radius 1 is 1.25 bits per heavy atom. The van der Waals surface area contributed by atoms with E-state index in [1.807, 2.05) is 13.8 Å². The molecule has 1 N–H and O–H groups in total. The number of carbonyl (C=O) groups is 1. The third-order valence-corrected chi connectivity index (χ3v) is 5.20. The van der Waals surface area contributed by atoms with Crippen LogP contribution in [0.1, 0.15) is 35.7 Å². The molecule has 0 bridgehead atoms. The second kappa shape index (κ2) is 9.05. The Balaban J connectivity index is 1.83. The lowest BCUT2D eigenvalue weighted by atomic mass is 10.00. The summed E-state index contributed by atoms with van der Waals surface area (Å²) < 4.78 is 51.6. The predicted octanol–water partition coefficient (Wildman–Crippen LogP) is 4.58. The van der Waals surface area contributed by atoms with Crippen molar-refractivity contribution in [1.29, 1.82) is 0 Å². The molecule has 7 nitrogen and oxygen atoms in total. The van der Waals surface area contributed by atoms with Gasteiger partial charge >= 0.3 is 6.18 Å². The number of hydrogen-bond donors (Lipinski definition) is 1. The summed E-state index contributed by atoms with van der Waals surface area (Å²) in [5.41, 5.74) is 2.33. The summed E-state index contributed by atoms with van der Waals surface area (Å²) in [5.74, 6) is 0.204. The molecule has 0 unspecified atom stereocenters. The molecule has 0 radical (unpaired) electrons. The zero-order valence-corrected chi connectivity index (χ0v) is 18.6. The van der Waals surface area contributed by atoms with Crippen molar-refractivity contribution in [2.45, 2.75) is 39.8 Å². The largest absolute Gasteiger partial charge is 0.492 e. The molecular weight excluding hydrogens is 425 g/mol. The number of rotatable bonds is 7. The molecule has 172 valence electrons. The normalized spacial score (nSPS) is 11.6. The Bertz CT molecular complexity index is 1160. The van der Waals surface area contributed by atoms with Crippen LogP contribution in [0.2, 0.25) is 0 Å². The summed E-state index contributed by atoms with van der Waals surface area (Å²) in [7, 11) is 3.30. The summed E-state index contributed by atoms with van der Waals surface area (Å²) in [6, 6.07) is 3.02. The van der Waals surface area contributed by atoms with Crippen LogP contribution in [0.25, 0.3) is 11.0 Å². The lowest BCUT2D eigenvalue weighted by molar-refractivity contribution is -0.137. The van der Waals surface area contributed by atoms with Crippen molar-refractivity contribution in [3.05, 3.63) is 40.6 Å². The van der Waals surface area contributed by atoms with E-state index in [-0.39, 0.29) is 24.5 Å². The number of hydrogen-bond acceptors (Lipinski definition) is 5. The van der Waals surface area contributed by atoms with Crippen LogP contribution in [0.4, 0.5) is 18.9 Å². The van der Waals surface area contributed by atoms with E-state index in [9.17, 15) is 18.0 Å². The summed E-state index contributed by atoms with van der Waals surface area (Å²) in [6.07, 6.45) is -4.12. The van der Waals surface area contributed by atoms with Crippen LogP contribution >= 0.6 is 0 Å². The highest BCUT2D eigenvalue weighted by Gasteiger charge is 2.31. The van der Waals surface area contributed by atoms with E-state index in [0.29, 0.717) is 17.9 Å². The molecule has 1 amide bonds. The second-order valence-electron chi connectivity index (χ2n) is 7.32. The summed E-state index contributed by atoms with van der Waals surface area (Å²) in [6.45, 7) is 5.73. The van der Waals surface area contributed by atoms with Crippen LogP contribution in [0.15, 0.2) is 18.2 Å². The van der Waals surface area contributed by atoms with Crippen molar-refractivity contribution in [3.63, 3.8) is 0 Å². The molecule has 0 atom stereocenters. The van der Waals surface area contributed by atoms with Gasteiger partial charge in [-0.3, -0.25) is 4.79 Å². The van der Waals surface area contributed by atoms with Crippen molar-refractivity contribution >= 4 is 22.6 Å². The predicted molar refractivity (Wildman–Crippen MR) is 114 cm³/mol. The van der Waals surface area contributed by atoms with Gasteiger partial charge in [-0.15, -0.1) is 5.10 Å². The van der Waals surface area contributed by atoms with E-state index in [0.717, 1.165) is 34.3 Å². The first-order valence-corrected chi connectivity index (χ1v) is 10.1. The van der Waals surface area contributed by atoms with Crippen LogP contribution in [0.5, 0.6) is 11.6 Å². The van der Waals surface area contributed by atoms with Crippen molar-refractivity contribution in [1.82, 2.24) is 14.8 Å². The quantitative estimate of drug-likeness (QED) is 0.570. The number of halogens is 3. The Morgan fingerprint density at radius 3 is 2.59 bits per heavy atom. The number of carbonyl (C=O) groups excluding carboxylic acids is 1. The molecule has 0 aliphatic rings. The Morgan fingerprint density at radius 2 is 1.97 bits per heavy atom. The van der Waals surface area contributed by atoms with E-state index in [1.165, 1.54) is 13.2 Å². The molecule has 0 spiro atoms. The molecule has 2 heterocycles. The van der Waals surface area contributed by atoms with E-state index >= 15 is 0 Å². The molecule has 10 heteroatoms. The van der Waals surface area contributed by atoms with Gasteiger partial charge in [0.2, 0.25) is 11.8 Å². The highest BCUT2D eigenvalue weighted by Crippen LogP contribution is 2.35. The van der Waals surface area contributed by atoms with Crippen LogP contribution in [-0.4, -0.2) is 34.4 Å². The van der Waals surface area contributed by atoms with Crippen molar-refractivity contribution in [3.8, 4) is 11.6 Å². The standard InChI is InChI=1S/C22H25F3N4O3/c1-6-32-17-9-7-14(22(23,24)25)11-16(17)27-18(30)10-8-15-12(2)19-20(26-13(15)3)29(4)28-21(19)31-5/h7,9,11H,6,8,10H2,1-5H3,(H,27,30). The zero-order valence-electron chi connectivity index (χ0n) is 18.6. The minimum absolute atomic E-state index is 0.0115. The zero-order chi connectivity index (χ0) is 23.6. The number of aryl methyl sites for hydroxylation is 3. The fourth-order valence-electron chi connectivity index (χ4n) is 3.64. The third-order valence-electron chi connectivity index (χ3n) is 5.20. The number of amides is 1. The topological polar surface area (TPSA) is 78.3 Å². The first-order valence-electron chi connectivity index (χ1n) is 10.1. The Kier molecular flexibility index (Phi) is 6.61. The van der Waals surface area contributed by atoms with Gasteiger partial charge in [0.05, 0.1) is 30.4 Å². The number of fused-ring (bicyclic) bond motifs is 1. The molecule has 3 rings (SSSR count). The first-order chi connectivity index (χ1) is 15.1. The SMILES string of the molecule is CCOc1ccc(C(F)(F)F)cc1NC(=O)CCc1c(C)nc2c(c(OC)nn2C)c1C. The summed E-state index contributed by atoms with van der Waals surface area (Å²) >= 11 is 0. The highest BCUT2D eigenvalue weighted by molar-refractivity contribution is 5.93. The Labute approximate surface area is 183 Å². The second-order valence-corrected chi connectivity index (χ2v) is 7.32. The molecule has 2 aromatic heterocycles. The number of nitrogens with zero attached hydrogens (tertiary/aromatic N) is 3. The van der Waals surface area contributed by atoms with Gasteiger partial charge in [0.25, 0.3) is 0 Å². The molecular formula is C22H25F3N4O3. The lowest BCUT2D eigenvalue weighted by Crippen LogP contribution is -2.15. The molecule has 1 aromatic carbocycles. The number of methoxy groups -OCH3 is 1. The molecule has 0 aliphatic heterocycles. The minimum atomic E-state index is -4.53. The fraction of sp³-hybridized carbons (Fsp3) is 0.409. The Hall–Kier alpha value is -3.30. The van der Waals surface area contributed by atoms with Gasteiger partial charge in [0.1, 0.15) is 5.75 Å². The maximum absolute atomic E-state index is 13.1. The van der Waals surface area contributed by atoms with Gasteiger partial charge in [-0.2, -0.15) is 13.2 Å². The molecule has 32 heavy (non-hydrogen) atoms. The van der Waals surface area contributed by atoms with E-state index in [2.05, 4.69) is 15.4 Å². The smallest absolute Gasteiger partial charge is 0.416 e. The number of pyridine rings is 1. The number of anilines is 1. The van der Waals surface area contributed by atoms with Crippen molar-refractivity contribution in [2.75, 3.05) is 19.0 Å². The molecule has 0 aliphatic carbocycles. The van der Waals surface area contributed by atoms with E-state index in [1.54, 1.807) is 18.7 Å². The minimum Gasteiger partial charge on any atom is -0.492 e. The van der Waals surface area contributed by atoms with Crippen LogP contribution in [0.3, 0.4) is 0 Å². The van der Waals surface area contributed by atoms with Gasteiger partial charge < -0.3 is 14.8 Å². The average Bonchev–Trinajstić information content (AvgIpc) is 3.04. The number of alkyl halides is 3. The molecule has 0 saturated heterocycles. The van der Waals surface area contributed by atoms with Gasteiger partial charge in [0, 0.05) is 19.2 Å². The van der Waals surface area contributed by atoms with Crippen LogP contribution < -0.4 is 14.8 Å². The lowest BCUT2D eigenvalue weighted by Gasteiger charge is -2.15. The number of nitrogens with one attached hydrogen (secondary N) is 1.